The van der Waals surface area contributed by atoms with E-state index in [9.17, 15) is 9.18 Å². The predicted molar refractivity (Wildman–Crippen MR) is 161 cm³/mol. The summed E-state index contributed by atoms with van der Waals surface area (Å²) in [5, 5.41) is 1.46. The number of piperidine rings is 1. The molecule has 1 unspecified atom stereocenters. The molecule has 41 heavy (non-hydrogen) atoms. The standard InChI is InChI=1S/C33H29ClFN5O/c34-27-18-24-21-39(32(23-6-2-1-3-7-23)36-30(24)19-28(27)35)25-12-10-22(11-13-25)20-38-16-14-26(15-17-38)40-31-9-5-4-8-29(31)37-33(40)41/h1-13,18-19,21,26,32H,14-17,20H2,(H,37,41). The van der Waals surface area contributed by atoms with Crippen LogP contribution in [0, 0.1) is 5.82 Å². The van der Waals surface area contributed by atoms with Crippen molar-refractivity contribution in [3.05, 3.63) is 134 Å². The highest BCUT2D eigenvalue weighted by atomic mass is 35.5. The van der Waals surface area contributed by atoms with Crippen molar-refractivity contribution >= 4 is 34.5 Å². The molecule has 206 valence electrons. The fourth-order valence-corrected chi connectivity index (χ4v) is 6.23. The Hall–Kier alpha value is -4.20. The molecule has 4 aromatic carbocycles. The Balaban J connectivity index is 1.09. The second-order valence-electron chi connectivity index (χ2n) is 10.8. The Kier molecular flexibility index (Phi) is 6.69. The van der Waals surface area contributed by atoms with Gasteiger partial charge in [-0.2, -0.15) is 0 Å². The van der Waals surface area contributed by atoms with E-state index >= 15 is 0 Å². The maximum atomic E-state index is 14.2. The van der Waals surface area contributed by atoms with E-state index in [1.165, 1.54) is 11.6 Å². The number of nitrogens with zero attached hydrogens (tertiary/aromatic N) is 4. The fourth-order valence-electron chi connectivity index (χ4n) is 6.06. The van der Waals surface area contributed by atoms with Crippen LogP contribution in [0.4, 0.5) is 10.1 Å². The molecule has 1 aromatic heterocycles. The molecule has 1 N–H and O–H groups in total. The lowest BCUT2D eigenvalue weighted by Gasteiger charge is -2.33. The first-order valence-electron chi connectivity index (χ1n) is 13.9. The van der Waals surface area contributed by atoms with Crippen LogP contribution in [0.3, 0.4) is 0 Å². The number of benzene rings is 4. The number of para-hydroxylation sites is 2. The van der Waals surface area contributed by atoms with Crippen LogP contribution in [-0.2, 0) is 6.54 Å². The summed E-state index contributed by atoms with van der Waals surface area (Å²) in [5.41, 5.74) is 5.10. The Morgan fingerprint density at radius 1 is 0.927 bits per heavy atom. The minimum Gasteiger partial charge on any atom is -0.321 e. The van der Waals surface area contributed by atoms with Gasteiger partial charge in [0.1, 0.15) is 5.82 Å². The molecular formula is C33H29ClFN5O. The number of rotatable bonds is 5. The predicted octanol–water partition coefficient (Wildman–Crippen LogP) is 5.54. The summed E-state index contributed by atoms with van der Waals surface area (Å²) in [6, 6.07) is 29.7. The lowest BCUT2D eigenvalue weighted by molar-refractivity contribution is 0.180. The monoisotopic (exact) mass is 565 g/mol. The molecular weight excluding hydrogens is 537 g/mol. The summed E-state index contributed by atoms with van der Waals surface area (Å²) in [5.74, 6) is -0.468. The third-order valence-electron chi connectivity index (χ3n) is 8.16. The number of aromatic nitrogens is 2. The van der Waals surface area contributed by atoms with Gasteiger partial charge in [0.25, 0.3) is 0 Å². The van der Waals surface area contributed by atoms with E-state index in [2.05, 4.69) is 39.0 Å². The quantitative estimate of drug-likeness (QED) is 0.305. The number of H-pyrrole nitrogens is 1. The van der Waals surface area contributed by atoms with Crippen molar-refractivity contribution in [2.45, 2.75) is 31.6 Å². The first kappa shape index (κ1) is 25.7. The summed E-state index contributed by atoms with van der Waals surface area (Å²) >= 11 is 6.10. The summed E-state index contributed by atoms with van der Waals surface area (Å²) < 4.78 is 16.2. The number of imidazole rings is 1. The third-order valence-corrected chi connectivity index (χ3v) is 8.45. The molecule has 0 spiro atoms. The lowest BCUT2D eigenvalue weighted by Crippen LogP contribution is -2.38. The number of hydrogen-bond donors (Lipinski definition) is 1. The zero-order valence-electron chi connectivity index (χ0n) is 22.4. The van der Waals surface area contributed by atoms with Gasteiger partial charge in [-0.3, -0.25) is 14.5 Å². The molecule has 1 fully saturated rings. The molecule has 2 aliphatic rings. The molecule has 1 saturated heterocycles. The summed E-state index contributed by atoms with van der Waals surface area (Å²) in [4.78, 5) is 25.1. The molecule has 1 atom stereocenters. The second-order valence-corrected chi connectivity index (χ2v) is 11.2. The number of aromatic amines is 1. The molecule has 0 radical (unpaired) electrons. The molecule has 7 rings (SSSR count). The molecule has 6 nitrogen and oxygen atoms in total. The SMILES string of the molecule is O=c1[nH]c2ccccc2n1C1CCN(Cc2ccc(N3C=c4cc(Cl)c(F)cc4=NC3c3ccccc3)cc2)CC1. The van der Waals surface area contributed by atoms with Crippen molar-refractivity contribution in [3.8, 4) is 0 Å². The molecule has 8 heteroatoms. The average molecular weight is 566 g/mol. The number of fused-ring (bicyclic) bond motifs is 2. The van der Waals surface area contributed by atoms with Gasteiger partial charge >= 0.3 is 5.69 Å². The van der Waals surface area contributed by atoms with Gasteiger partial charge in [-0.1, -0.05) is 66.2 Å². The molecule has 0 saturated carbocycles. The summed E-state index contributed by atoms with van der Waals surface area (Å²) in [7, 11) is 0. The maximum Gasteiger partial charge on any atom is 0.326 e. The number of anilines is 1. The van der Waals surface area contributed by atoms with E-state index in [0.717, 1.165) is 60.0 Å². The minimum absolute atomic E-state index is 0.0228. The van der Waals surface area contributed by atoms with Crippen molar-refractivity contribution in [1.82, 2.24) is 14.5 Å². The minimum atomic E-state index is -0.468. The molecule has 0 amide bonds. The van der Waals surface area contributed by atoms with Gasteiger partial charge in [-0.15, -0.1) is 0 Å². The van der Waals surface area contributed by atoms with Gasteiger partial charge < -0.3 is 9.88 Å². The zero-order chi connectivity index (χ0) is 27.9. The molecule has 0 bridgehead atoms. The highest BCUT2D eigenvalue weighted by Crippen LogP contribution is 2.31. The lowest BCUT2D eigenvalue weighted by atomic mass is 10.0. The second kappa shape index (κ2) is 10.7. The van der Waals surface area contributed by atoms with Gasteiger partial charge in [0, 0.05) is 48.8 Å². The van der Waals surface area contributed by atoms with Crippen LogP contribution in [0.15, 0.2) is 101 Å². The van der Waals surface area contributed by atoms with E-state index in [1.807, 2.05) is 65.4 Å². The summed E-state index contributed by atoms with van der Waals surface area (Å²) in [6.07, 6.45) is 3.55. The fraction of sp³-hybridized carbons (Fsp3) is 0.212. The van der Waals surface area contributed by atoms with Crippen LogP contribution >= 0.6 is 11.6 Å². The van der Waals surface area contributed by atoms with Crippen molar-refractivity contribution in [2.75, 3.05) is 18.0 Å². The van der Waals surface area contributed by atoms with Gasteiger partial charge in [0.15, 0.2) is 6.17 Å². The zero-order valence-corrected chi connectivity index (χ0v) is 23.1. The van der Waals surface area contributed by atoms with Crippen LogP contribution in [0.25, 0.3) is 17.2 Å². The molecule has 5 aromatic rings. The highest BCUT2D eigenvalue weighted by Gasteiger charge is 2.25. The molecule has 3 heterocycles. The smallest absolute Gasteiger partial charge is 0.321 e. The third kappa shape index (κ3) is 4.96. The summed E-state index contributed by atoms with van der Waals surface area (Å²) in [6.45, 7) is 2.71. The van der Waals surface area contributed by atoms with E-state index in [0.29, 0.717) is 5.36 Å². The topological polar surface area (TPSA) is 56.6 Å². The first-order chi connectivity index (χ1) is 20.0. The van der Waals surface area contributed by atoms with E-state index in [4.69, 9.17) is 16.6 Å². The Morgan fingerprint density at radius 3 is 2.44 bits per heavy atom. The molecule has 2 aliphatic heterocycles. The van der Waals surface area contributed by atoms with Crippen LogP contribution in [0.5, 0.6) is 0 Å². The van der Waals surface area contributed by atoms with Crippen LogP contribution in [0.2, 0.25) is 5.02 Å². The number of nitrogens with one attached hydrogen (secondary N) is 1. The normalized spacial score (nSPS) is 17.7. The Labute approximate surface area is 241 Å². The van der Waals surface area contributed by atoms with Crippen molar-refractivity contribution in [1.29, 1.82) is 0 Å². The number of hydrogen-bond acceptors (Lipinski definition) is 4. The van der Waals surface area contributed by atoms with Gasteiger partial charge in [0.05, 0.1) is 21.4 Å². The van der Waals surface area contributed by atoms with E-state index in [-0.39, 0.29) is 22.9 Å². The van der Waals surface area contributed by atoms with E-state index < -0.39 is 5.82 Å². The van der Waals surface area contributed by atoms with Gasteiger partial charge in [-0.25, -0.2) is 9.18 Å². The van der Waals surface area contributed by atoms with Crippen LogP contribution in [-0.4, -0.2) is 27.5 Å². The number of likely N-dealkylation sites (tertiary alicyclic amines) is 1. The average Bonchev–Trinajstić information content (AvgIpc) is 3.34. The highest BCUT2D eigenvalue weighted by molar-refractivity contribution is 6.30. The van der Waals surface area contributed by atoms with Gasteiger partial charge in [0.2, 0.25) is 0 Å². The molecule has 0 aliphatic carbocycles. The van der Waals surface area contributed by atoms with Crippen LogP contribution in [0.1, 0.15) is 36.2 Å². The van der Waals surface area contributed by atoms with Crippen molar-refractivity contribution in [2.24, 2.45) is 4.99 Å². The van der Waals surface area contributed by atoms with Gasteiger partial charge in [-0.05, 0) is 54.3 Å². The van der Waals surface area contributed by atoms with Crippen LogP contribution < -0.4 is 21.2 Å². The Morgan fingerprint density at radius 2 is 1.66 bits per heavy atom. The number of halogens is 2. The van der Waals surface area contributed by atoms with Crippen molar-refractivity contribution in [3.63, 3.8) is 0 Å². The first-order valence-corrected chi connectivity index (χ1v) is 14.3. The largest absolute Gasteiger partial charge is 0.326 e. The maximum absolute atomic E-state index is 14.2. The Bertz CT molecular complexity index is 1890. The van der Waals surface area contributed by atoms with Crippen molar-refractivity contribution < 1.29 is 4.39 Å². The van der Waals surface area contributed by atoms with E-state index in [1.54, 1.807) is 6.07 Å².